The molecule has 0 saturated carbocycles. The molecular formula is C11H18N4O2S. The van der Waals surface area contributed by atoms with Gasteiger partial charge in [0.05, 0.1) is 11.5 Å². The molecule has 1 aliphatic rings. The molecule has 1 fully saturated rings. The Morgan fingerprint density at radius 2 is 1.89 bits per heavy atom. The van der Waals surface area contributed by atoms with Crippen LogP contribution in [0.2, 0.25) is 0 Å². The lowest BCUT2D eigenvalue weighted by Crippen LogP contribution is -2.40. The molecule has 2 N–H and O–H groups in total. The number of hydrogen-bond acceptors (Lipinski definition) is 6. The van der Waals surface area contributed by atoms with E-state index in [2.05, 4.69) is 9.97 Å². The fourth-order valence-corrected chi connectivity index (χ4v) is 3.03. The minimum atomic E-state index is -2.88. The van der Waals surface area contributed by atoms with Crippen LogP contribution in [0, 0.1) is 0 Å². The number of nitrogens with zero attached hydrogens (tertiary/aromatic N) is 3. The molecule has 0 aliphatic carbocycles. The summed E-state index contributed by atoms with van der Waals surface area (Å²) < 4.78 is 22.8. The summed E-state index contributed by atoms with van der Waals surface area (Å²) in [6.45, 7) is 4.94. The predicted octanol–water partition coefficient (Wildman–Crippen LogP) is 0.417. The van der Waals surface area contributed by atoms with Gasteiger partial charge >= 0.3 is 0 Å². The van der Waals surface area contributed by atoms with Crippen LogP contribution in [0.1, 0.15) is 25.6 Å². The second-order valence-electron chi connectivity index (χ2n) is 4.80. The maximum atomic E-state index is 11.4. The molecule has 1 aliphatic heterocycles. The average Bonchev–Trinajstić information content (AvgIpc) is 2.28. The highest BCUT2D eigenvalue weighted by Crippen LogP contribution is 2.20. The molecular weight excluding hydrogens is 252 g/mol. The van der Waals surface area contributed by atoms with E-state index < -0.39 is 9.84 Å². The van der Waals surface area contributed by atoms with Gasteiger partial charge in [-0.2, -0.15) is 0 Å². The number of aromatic nitrogens is 2. The van der Waals surface area contributed by atoms with E-state index in [1.54, 1.807) is 6.07 Å². The van der Waals surface area contributed by atoms with Gasteiger partial charge in [-0.25, -0.2) is 18.4 Å². The van der Waals surface area contributed by atoms with Crippen molar-refractivity contribution in [3.05, 3.63) is 11.9 Å². The Kier molecular flexibility index (Phi) is 3.43. The Balaban J connectivity index is 2.24. The van der Waals surface area contributed by atoms with Crippen molar-refractivity contribution in [1.82, 2.24) is 9.97 Å². The van der Waals surface area contributed by atoms with E-state index in [0.717, 1.165) is 5.82 Å². The molecule has 2 rings (SSSR count). The number of anilines is 2. The minimum absolute atomic E-state index is 0.175. The van der Waals surface area contributed by atoms with Crippen molar-refractivity contribution < 1.29 is 8.42 Å². The summed E-state index contributed by atoms with van der Waals surface area (Å²) in [6, 6.07) is 1.70. The maximum absolute atomic E-state index is 11.4. The highest BCUT2D eigenvalue weighted by atomic mass is 32.2. The van der Waals surface area contributed by atoms with Crippen LogP contribution in [0.3, 0.4) is 0 Å². The molecule has 0 atom stereocenters. The van der Waals surface area contributed by atoms with E-state index in [1.807, 2.05) is 18.7 Å². The Labute approximate surface area is 107 Å². The van der Waals surface area contributed by atoms with E-state index in [0.29, 0.717) is 24.7 Å². The monoisotopic (exact) mass is 270 g/mol. The zero-order valence-corrected chi connectivity index (χ0v) is 11.4. The van der Waals surface area contributed by atoms with Crippen LogP contribution in [-0.2, 0) is 9.84 Å². The van der Waals surface area contributed by atoms with Crippen molar-refractivity contribution in [2.45, 2.75) is 19.8 Å². The number of rotatable bonds is 2. The third kappa shape index (κ3) is 2.90. The van der Waals surface area contributed by atoms with Crippen LogP contribution in [0.25, 0.3) is 0 Å². The molecule has 2 heterocycles. The first-order valence-corrected chi connectivity index (χ1v) is 7.79. The van der Waals surface area contributed by atoms with Gasteiger partial charge in [0.25, 0.3) is 0 Å². The Morgan fingerprint density at radius 1 is 1.28 bits per heavy atom. The van der Waals surface area contributed by atoms with Crippen molar-refractivity contribution in [2.75, 3.05) is 35.2 Å². The van der Waals surface area contributed by atoms with Gasteiger partial charge in [0.2, 0.25) is 0 Å². The average molecular weight is 270 g/mol. The summed E-state index contributed by atoms with van der Waals surface area (Å²) >= 11 is 0. The van der Waals surface area contributed by atoms with Crippen LogP contribution in [-0.4, -0.2) is 43.0 Å². The molecule has 0 unspecified atom stereocenters. The molecule has 0 bridgehead atoms. The summed E-state index contributed by atoms with van der Waals surface area (Å²) in [5.74, 6) is 2.39. The van der Waals surface area contributed by atoms with Gasteiger partial charge in [0.15, 0.2) is 9.84 Å². The van der Waals surface area contributed by atoms with Gasteiger partial charge < -0.3 is 10.6 Å². The second-order valence-corrected chi connectivity index (χ2v) is 7.11. The van der Waals surface area contributed by atoms with Crippen LogP contribution >= 0.6 is 0 Å². The fourth-order valence-electron chi connectivity index (χ4n) is 1.83. The third-order valence-corrected chi connectivity index (χ3v) is 4.54. The first kappa shape index (κ1) is 13.1. The number of nitrogens with two attached hydrogens (primary N) is 1. The zero-order valence-electron chi connectivity index (χ0n) is 10.6. The predicted molar refractivity (Wildman–Crippen MR) is 71.4 cm³/mol. The van der Waals surface area contributed by atoms with Crippen molar-refractivity contribution in [3.63, 3.8) is 0 Å². The van der Waals surface area contributed by atoms with Crippen molar-refractivity contribution >= 4 is 21.5 Å². The van der Waals surface area contributed by atoms with E-state index in [-0.39, 0.29) is 17.4 Å². The highest BCUT2D eigenvalue weighted by Gasteiger charge is 2.23. The molecule has 1 aromatic heterocycles. The van der Waals surface area contributed by atoms with Gasteiger partial charge in [0, 0.05) is 25.1 Å². The Morgan fingerprint density at radius 3 is 2.44 bits per heavy atom. The number of hydrogen-bond donors (Lipinski definition) is 1. The molecule has 7 heteroatoms. The van der Waals surface area contributed by atoms with Crippen molar-refractivity contribution in [2.24, 2.45) is 0 Å². The molecule has 1 saturated heterocycles. The number of sulfone groups is 1. The smallest absolute Gasteiger partial charge is 0.153 e. The lowest BCUT2D eigenvalue weighted by Gasteiger charge is -2.28. The van der Waals surface area contributed by atoms with Crippen LogP contribution in [0.4, 0.5) is 11.6 Å². The van der Waals surface area contributed by atoms with Crippen LogP contribution in [0.5, 0.6) is 0 Å². The largest absolute Gasteiger partial charge is 0.384 e. The summed E-state index contributed by atoms with van der Waals surface area (Å²) in [6.07, 6.45) is 0. The SMILES string of the molecule is CC(C)c1nc(N)cc(N2CCS(=O)(=O)CC2)n1. The third-order valence-electron chi connectivity index (χ3n) is 2.93. The van der Waals surface area contributed by atoms with Gasteiger partial charge in [-0.15, -0.1) is 0 Å². The quantitative estimate of drug-likeness (QED) is 0.837. The summed E-state index contributed by atoms with van der Waals surface area (Å²) in [4.78, 5) is 10.6. The summed E-state index contributed by atoms with van der Waals surface area (Å²) in [5, 5.41) is 0. The lowest BCUT2D eigenvalue weighted by atomic mass is 10.2. The topological polar surface area (TPSA) is 89.2 Å². The molecule has 0 amide bonds. The van der Waals surface area contributed by atoms with Gasteiger partial charge in [-0.3, -0.25) is 0 Å². The Bertz CT molecular complexity index is 528. The van der Waals surface area contributed by atoms with E-state index >= 15 is 0 Å². The minimum Gasteiger partial charge on any atom is -0.384 e. The van der Waals surface area contributed by atoms with Crippen molar-refractivity contribution in [1.29, 1.82) is 0 Å². The zero-order chi connectivity index (χ0) is 13.3. The highest BCUT2D eigenvalue weighted by molar-refractivity contribution is 7.91. The first-order chi connectivity index (χ1) is 8.37. The Hall–Kier alpha value is -1.37. The maximum Gasteiger partial charge on any atom is 0.153 e. The fraction of sp³-hybridized carbons (Fsp3) is 0.636. The molecule has 0 radical (unpaired) electrons. The summed E-state index contributed by atoms with van der Waals surface area (Å²) in [5.41, 5.74) is 5.76. The normalized spacial score (nSPS) is 19.2. The van der Waals surface area contributed by atoms with Gasteiger partial charge in [-0.1, -0.05) is 13.8 Å². The molecule has 100 valence electrons. The molecule has 0 aromatic carbocycles. The van der Waals surface area contributed by atoms with Crippen molar-refractivity contribution in [3.8, 4) is 0 Å². The number of nitrogen functional groups attached to an aromatic ring is 1. The van der Waals surface area contributed by atoms with E-state index in [4.69, 9.17) is 5.73 Å². The molecule has 0 spiro atoms. The molecule has 1 aromatic rings. The second kappa shape index (κ2) is 4.72. The first-order valence-electron chi connectivity index (χ1n) is 5.97. The summed E-state index contributed by atoms with van der Waals surface area (Å²) in [7, 11) is -2.88. The van der Waals surface area contributed by atoms with Crippen LogP contribution in [0.15, 0.2) is 6.07 Å². The molecule has 18 heavy (non-hydrogen) atoms. The van der Waals surface area contributed by atoms with Gasteiger partial charge in [-0.05, 0) is 0 Å². The molecule has 6 nitrogen and oxygen atoms in total. The van der Waals surface area contributed by atoms with E-state index in [9.17, 15) is 8.42 Å². The van der Waals surface area contributed by atoms with Gasteiger partial charge in [0.1, 0.15) is 17.5 Å². The standard InChI is InChI=1S/C11H18N4O2S/c1-8(2)11-13-9(12)7-10(14-11)15-3-5-18(16,17)6-4-15/h7-8H,3-6H2,1-2H3,(H2,12,13,14). The van der Waals surface area contributed by atoms with E-state index in [1.165, 1.54) is 0 Å². The van der Waals surface area contributed by atoms with Crippen LogP contribution < -0.4 is 10.6 Å². The lowest BCUT2D eigenvalue weighted by molar-refractivity contribution is 0.586.